The maximum Gasteiger partial charge on any atom is 0.421 e. The van der Waals surface area contributed by atoms with E-state index in [4.69, 9.17) is 0 Å². The number of hydrogen-bond donors (Lipinski definition) is 2. The molecule has 2 N–H and O–H groups in total. The predicted molar refractivity (Wildman–Crippen MR) is 83.0 cm³/mol. The zero-order valence-electron chi connectivity index (χ0n) is 13.6. The van der Waals surface area contributed by atoms with E-state index in [0.29, 0.717) is 24.3 Å². The van der Waals surface area contributed by atoms with Crippen molar-refractivity contribution in [2.75, 3.05) is 13.1 Å². The zero-order valence-corrected chi connectivity index (χ0v) is 14.4. The van der Waals surface area contributed by atoms with Gasteiger partial charge in [0.1, 0.15) is 4.90 Å². The normalized spacial score (nSPS) is 20.9. The number of benzene rings is 1. The van der Waals surface area contributed by atoms with Crippen molar-refractivity contribution < 1.29 is 31.0 Å². The Labute approximate surface area is 140 Å². The molecule has 2 rings (SSSR count). The van der Waals surface area contributed by atoms with Crippen LogP contribution < -0.4 is 4.31 Å². The second-order valence-corrected chi connectivity index (χ2v) is 8.46. The summed E-state index contributed by atoms with van der Waals surface area (Å²) in [6, 6.07) is 4.36. The third kappa shape index (κ3) is 3.92. The highest BCUT2D eigenvalue weighted by Crippen LogP contribution is 2.38. The van der Waals surface area contributed by atoms with Gasteiger partial charge in [0.05, 0.1) is 13.1 Å². The fourth-order valence-electron chi connectivity index (χ4n) is 2.86. The summed E-state index contributed by atoms with van der Waals surface area (Å²) in [6.07, 6.45) is -0.111. The molecule has 1 saturated heterocycles. The van der Waals surface area contributed by atoms with Crippen molar-refractivity contribution in [1.82, 2.24) is 0 Å². The molecule has 0 saturated carbocycles. The summed E-state index contributed by atoms with van der Waals surface area (Å²) in [5.41, 5.74) is -3.39. The highest BCUT2D eigenvalue weighted by Gasteiger charge is 2.51. The van der Waals surface area contributed by atoms with Crippen molar-refractivity contribution in [3.05, 3.63) is 29.8 Å². The van der Waals surface area contributed by atoms with Gasteiger partial charge in [0.25, 0.3) is 0 Å². The SMILES string of the molecule is CC(O)(c1ccc(S(=O)(=O)[NH+]2CCCCCCC2)cc1)C(F)(F)F. The largest absolute Gasteiger partial charge is 0.421 e. The lowest BCUT2D eigenvalue weighted by molar-refractivity contribution is -0.768. The van der Waals surface area contributed by atoms with Crippen molar-refractivity contribution in [3.63, 3.8) is 0 Å². The highest BCUT2D eigenvalue weighted by molar-refractivity contribution is 7.85. The van der Waals surface area contributed by atoms with Gasteiger partial charge in [0.2, 0.25) is 0 Å². The minimum Gasteiger partial charge on any atom is -0.376 e. The van der Waals surface area contributed by atoms with Crippen LogP contribution in [-0.4, -0.2) is 32.8 Å². The number of aliphatic hydroxyl groups is 1. The molecule has 1 atom stereocenters. The molecule has 24 heavy (non-hydrogen) atoms. The first-order chi connectivity index (χ1) is 11.1. The summed E-state index contributed by atoms with van der Waals surface area (Å²) >= 11 is 0. The van der Waals surface area contributed by atoms with Gasteiger partial charge in [-0.15, -0.1) is 0 Å². The van der Waals surface area contributed by atoms with E-state index >= 15 is 0 Å². The molecular weight excluding hydrogens is 343 g/mol. The molecule has 1 fully saturated rings. The van der Waals surface area contributed by atoms with Crippen molar-refractivity contribution in [3.8, 4) is 0 Å². The predicted octanol–water partition coefficient (Wildman–Crippen LogP) is 1.99. The van der Waals surface area contributed by atoms with Crippen LogP contribution in [-0.2, 0) is 15.6 Å². The standard InChI is InChI=1S/C16H22F3NO3S/c1-15(21,16(17,18)19)13-7-9-14(10-8-13)24(22,23)20-11-5-3-2-4-6-12-20/h7-10,21H,2-6,11-12H2,1H3/p+1. The van der Waals surface area contributed by atoms with E-state index in [9.17, 15) is 26.7 Å². The molecule has 0 spiro atoms. The number of hydrogen-bond acceptors (Lipinski definition) is 3. The van der Waals surface area contributed by atoms with E-state index in [1.165, 1.54) is 0 Å². The number of alkyl halides is 3. The zero-order chi connectivity index (χ0) is 18.0. The van der Waals surface area contributed by atoms with Gasteiger partial charge in [-0.05, 0) is 50.3 Å². The quantitative estimate of drug-likeness (QED) is 0.860. The molecule has 1 aromatic rings. The lowest BCUT2D eigenvalue weighted by atomic mass is 9.96. The molecule has 1 aliphatic heterocycles. The minimum atomic E-state index is -4.83. The van der Waals surface area contributed by atoms with Gasteiger partial charge in [0.15, 0.2) is 5.60 Å². The van der Waals surface area contributed by atoms with E-state index in [0.717, 1.165) is 56.4 Å². The maximum atomic E-state index is 12.9. The second kappa shape index (κ2) is 7.01. The van der Waals surface area contributed by atoms with Crippen LogP contribution in [0.4, 0.5) is 13.2 Å². The summed E-state index contributed by atoms with van der Waals surface area (Å²) in [7, 11) is -3.65. The second-order valence-electron chi connectivity index (χ2n) is 6.40. The third-order valence-corrected chi connectivity index (χ3v) is 6.63. The summed E-state index contributed by atoms with van der Waals surface area (Å²) in [4.78, 5) is -0.0141. The average molecular weight is 366 g/mol. The van der Waals surface area contributed by atoms with Crippen molar-refractivity contribution in [2.45, 2.75) is 55.7 Å². The fraction of sp³-hybridized carbons (Fsp3) is 0.625. The van der Waals surface area contributed by atoms with Crippen LogP contribution >= 0.6 is 0 Å². The molecule has 0 aromatic heterocycles. The first-order valence-corrected chi connectivity index (χ1v) is 9.54. The number of rotatable bonds is 3. The van der Waals surface area contributed by atoms with Crippen LogP contribution in [0.1, 0.15) is 44.6 Å². The van der Waals surface area contributed by atoms with E-state index in [1.54, 1.807) is 0 Å². The van der Waals surface area contributed by atoms with Gasteiger partial charge in [-0.3, -0.25) is 0 Å². The van der Waals surface area contributed by atoms with E-state index in [1.807, 2.05) is 0 Å². The summed E-state index contributed by atoms with van der Waals surface area (Å²) in [6.45, 7) is 1.66. The third-order valence-electron chi connectivity index (χ3n) is 4.57. The Hall–Kier alpha value is -1.12. The monoisotopic (exact) mass is 366 g/mol. The Morgan fingerprint density at radius 1 is 0.958 bits per heavy atom. The Bertz CT molecular complexity index is 646. The van der Waals surface area contributed by atoms with Gasteiger partial charge in [0, 0.05) is 0 Å². The van der Waals surface area contributed by atoms with Gasteiger partial charge in [-0.25, -0.2) is 4.31 Å². The molecule has 8 heteroatoms. The molecule has 0 bridgehead atoms. The maximum absolute atomic E-state index is 12.9. The van der Waals surface area contributed by atoms with Crippen LogP contribution in [0.5, 0.6) is 0 Å². The summed E-state index contributed by atoms with van der Waals surface area (Å²) < 4.78 is 64.4. The first kappa shape index (κ1) is 19.2. The van der Waals surface area contributed by atoms with E-state index in [2.05, 4.69) is 0 Å². The molecule has 1 aliphatic rings. The van der Waals surface area contributed by atoms with Crippen molar-refractivity contribution in [2.24, 2.45) is 0 Å². The van der Waals surface area contributed by atoms with Crippen LogP contribution in [0.25, 0.3) is 0 Å². The highest BCUT2D eigenvalue weighted by atomic mass is 32.2. The molecule has 4 nitrogen and oxygen atoms in total. The Morgan fingerprint density at radius 3 is 1.88 bits per heavy atom. The number of quaternary nitrogens is 1. The van der Waals surface area contributed by atoms with Crippen LogP contribution in [0.3, 0.4) is 0 Å². The molecule has 1 heterocycles. The van der Waals surface area contributed by atoms with Crippen LogP contribution in [0.15, 0.2) is 29.2 Å². The lowest BCUT2D eigenvalue weighted by Crippen LogP contribution is -3.13. The average Bonchev–Trinajstić information content (AvgIpc) is 2.45. The lowest BCUT2D eigenvalue weighted by Gasteiger charge is -2.27. The van der Waals surface area contributed by atoms with Gasteiger partial charge < -0.3 is 5.11 Å². The van der Waals surface area contributed by atoms with Crippen LogP contribution in [0.2, 0.25) is 0 Å². The van der Waals surface area contributed by atoms with Gasteiger partial charge in [-0.2, -0.15) is 21.6 Å². The minimum absolute atomic E-state index is 0.0141. The van der Waals surface area contributed by atoms with Crippen LogP contribution in [0, 0.1) is 0 Å². The van der Waals surface area contributed by atoms with Gasteiger partial charge >= 0.3 is 16.2 Å². The molecule has 136 valence electrons. The molecule has 1 unspecified atom stereocenters. The molecular formula is C16H23F3NO3S+. The van der Waals surface area contributed by atoms with Crippen molar-refractivity contribution in [1.29, 1.82) is 0 Å². The Kier molecular flexibility index (Phi) is 5.61. The van der Waals surface area contributed by atoms with E-state index in [-0.39, 0.29) is 10.5 Å². The molecule has 0 amide bonds. The van der Waals surface area contributed by atoms with Crippen molar-refractivity contribution >= 4 is 10.0 Å². The smallest absolute Gasteiger partial charge is 0.376 e. The summed E-state index contributed by atoms with van der Waals surface area (Å²) in [5.74, 6) is 0. The molecule has 0 radical (unpaired) electrons. The first-order valence-electron chi connectivity index (χ1n) is 8.06. The van der Waals surface area contributed by atoms with Gasteiger partial charge in [-0.1, -0.05) is 18.6 Å². The Balaban J connectivity index is 2.26. The number of halogens is 3. The number of sulfonamides is 1. The summed E-state index contributed by atoms with van der Waals surface area (Å²) in [5, 5.41) is 9.65. The fourth-order valence-corrected chi connectivity index (χ4v) is 4.51. The molecule has 1 aromatic carbocycles. The topological polar surface area (TPSA) is 58.8 Å². The van der Waals surface area contributed by atoms with E-state index < -0.39 is 21.8 Å². The molecule has 0 aliphatic carbocycles. The Morgan fingerprint density at radius 2 is 1.42 bits per heavy atom. The number of nitrogens with one attached hydrogen (secondary N) is 1.